The van der Waals surface area contributed by atoms with Gasteiger partial charge in [-0.2, -0.15) is 0 Å². The Hall–Kier alpha value is -1.97. The van der Waals surface area contributed by atoms with Gasteiger partial charge in [0.1, 0.15) is 5.75 Å². The van der Waals surface area contributed by atoms with E-state index < -0.39 is 0 Å². The van der Waals surface area contributed by atoms with E-state index >= 15 is 0 Å². The summed E-state index contributed by atoms with van der Waals surface area (Å²) in [7, 11) is 1.69. The predicted molar refractivity (Wildman–Crippen MR) is 119 cm³/mol. The number of benzene rings is 1. The lowest BCUT2D eigenvalue weighted by Crippen LogP contribution is -2.33. The number of aromatic nitrogens is 2. The summed E-state index contributed by atoms with van der Waals surface area (Å²) >= 11 is 6.98. The molecule has 2 aromatic rings. The monoisotopic (exact) mass is 433 g/mol. The molecule has 156 valence electrons. The van der Waals surface area contributed by atoms with Gasteiger partial charge < -0.3 is 9.64 Å². The van der Waals surface area contributed by atoms with Gasteiger partial charge in [-0.05, 0) is 55.7 Å². The molecular formula is C20H27N5O2S2. The number of amides is 1. The summed E-state index contributed by atoms with van der Waals surface area (Å²) in [5.74, 6) is 0.929. The third kappa shape index (κ3) is 4.79. The first-order chi connectivity index (χ1) is 14.0. The van der Waals surface area contributed by atoms with Gasteiger partial charge in [-0.25, -0.2) is 4.68 Å². The van der Waals surface area contributed by atoms with Crippen molar-refractivity contribution in [2.45, 2.75) is 38.9 Å². The van der Waals surface area contributed by atoms with E-state index in [0.717, 1.165) is 60.3 Å². The van der Waals surface area contributed by atoms with Crippen molar-refractivity contribution in [3.63, 3.8) is 0 Å². The van der Waals surface area contributed by atoms with Gasteiger partial charge in [-0.3, -0.25) is 14.6 Å². The van der Waals surface area contributed by atoms with E-state index in [1.165, 1.54) is 17.0 Å². The molecule has 0 atom stereocenters. The fourth-order valence-electron chi connectivity index (χ4n) is 3.72. The molecule has 1 aliphatic heterocycles. The molecular weight excluding hydrogens is 406 g/mol. The lowest BCUT2D eigenvalue weighted by atomic mass is 10.2. The van der Waals surface area contributed by atoms with Gasteiger partial charge in [0.2, 0.25) is 11.0 Å². The van der Waals surface area contributed by atoms with Crippen molar-refractivity contribution in [1.82, 2.24) is 14.7 Å². The summed E-state index contributed by atoms with van der Waals surface area (Å²) in [5, 5.41) is 5.42. The second-order valence-corrected chi connectivity index (χ2v) is 9.17. The van der Waals surface area contributed by atoms with E-state index in [1.54, 1.807) is 14.0 Å². The van der Waals surface area contributed by atoms with Crippen LogP contribution >= 0.6 is 23.6 Å². The summed E-state index contributed by atoms with van der Waals surface area (Å²) in [6.45, 7) is 6.20. The Morgan fingerprint density at radius 1 is 1.24 bits per heavy atom. The van der Waals surface area contributed by atoms with Crippen molar-refractivity contribution in [3.8, 4) is 5.75 Å². The van der Waals surface area contributed by atoms with Gasteiger partial charge in [0.05, 0.1) is 13.8 Å². The number of hydrogen-bond acceptors (Lipinski definition) is 7. The fourth-order valence-corrected chi connectivity index (χ4v) is 4.91. The van der Waals surface area contributed by atoms with Gasteiger partial charge in [0, 0.05) is 44.8 Å². The number of carbonyl (C=O) groups is 1. The lowest BCUT2D eigenvalue weighted by Gasteiger charge is -2.23. The third-order valence-corrected chi connectivity index (χ3v) is 6.72. The molecule has 1 saturated carbocycles. The van der Waals surface area contributed by atoms with Crippen molar-refractivity contribution in [1.29, 1.82) is 0 Å². The molecule has 0 spiro atoms. The minimum Gasteiger partial charge on any atom is -0.497 e. The smallest absolute Gasteiger partial charge is 0.225 e. The molecule has 7 nitrogen and oxygen atoms in total. The summed E-state index contributed by atoms with van der Waals surface area (Å²) in [6, 6.07) is 8.55. The highest BCUT2D eigenvalue weighted by Crippen LogP contribution is 2.33. The van der Waals surface area contributed by atoms with Crippen molar-refractivity contribution in [2.75, 3.05) is 43.1 Å². The molecule has 0 unspecified atom stereocenters. The number of ether oxygens (including phenoxy) is 1. The topological polar surface area (TPSA) is 53.8 Å². The first-order valence-electron chi connectivity index (χ1n) is 10.0. The van der Waals surface area contributed by atoms with Gasteiger partial charge >= 0.3 is 0 Å². The molecule has 2 heterocycles. The fraction of sp³-hybridized carbons (Fsp3) is 0.550. The summed E-state index contributed by atoms with van der Waals surface area (Å²) in [4.78, 5) is 18.6. The number of carbonyl (C=O) groups excluding carboxylic acids is 1. The van der Waals surface area contributed by atoms with Crippen LogP contribution in [0.5, 0.6) is 5.75 Å². The van der Waals surface area contributed by atoms with E-state index in [4.69, 9.17) is 17.0 Å². The highest BCUT2D eigenvalue weighted by Gasteiger charge is 2.34. The van der Waals surface area contributed by atoms with Gasteiger partial charge in [-0.1, -0.05) is 11.3 Å². The zero-order valence-electron chi connectivity index (χ0n) is 16.9. The van der Waals surface area contributed by atoms with Crippen LogP contribution in [0.3, 0.4) is 0 Å². The molecule has 1 aromatic heterocycles. The molecule has 9 heteroatoms. The van der Waals surface area contributed by atoms with E-state index in [9.17, 15) is 4.79 Å². The maximum atomic E-state index is 12.0. The molecule has 2 fully saturated rings. The van der Waals surface area contributed by atoms with Crippen LogP contribution in [-0.2, 0) is 11.5 Å². The van der Waals surface area contributed by atoms with Gasteiger partial charge in [-0.15, -0.1) is 5.10 Å². The second-order valence-electron chi connectivity index (χ2n) is 7.57. The largest absolute Gasteiger partial charge is 0.497 e. The zero-order chi connectivity index (χ0) is 20.4. The number of rotatable bonds is 6. The molecule has 0 radical (unpaired) electrons. The summed E-state index contributed by atoms with van der Waals surface area (Å²) in [6.07, 6.45) is 3.19. The van der Waals surface area contributed by atoms with Gasteiger partial charge in [0.25, 0.3) is 0 Å². The molecule has 1 aliphatic carbocycles. The summed E-state index contributed by atoms with van der Waals surface area (Å²) in [5.41, 5.74) is 1.22. The number of methoxy groups -OCH3 is 1. The molecule has 0 N–H and O–H groups in total. The van der Waals surface area contributed by atoms with E-state index in [1.807, 2.05) is 21.7 Å². The number of anilines is 2. The normalized spacial score (nSPS) is 17.8. The molecule has 29 heavy (non-hydrogen) atoms. The first-order valence-corrected chi connectivity index (χ1v) is 11.3. The van der Waals surface area contributed by atoms with Crippen LogP contribution in [0.1, 0.15) is 26.2 Å². The van der Waals surface area contributed by atoms with Crippen LogP contribution in [0.2, 0.25) is 0 Å². The first kappa shape index (κ1) is 20.3. The summed E-state index contributed by atoms with van der Waals surface area (Å²) < 4.78 is 7.85. The van der Waals surface area contributed by atoms with Gasteiger partial charge in [0.15, 0.2) is 3.95 Å². The van der Waals surface area contributed by atoms with Crippen LogP contribution in [0.25, 0.3) is 0 Å². The van der Waals surface area contributed by atoms with Crippen LogP contribution < -0.4 is 14.5 Å². The number of nitrogens with zero attached hydrogens (tertiary/aromatic N) is 5. The van der Waals surface area contributed by atoms with Crippen molar-refractivity contribution >= 4 is 40.3 Å². The van der Waals surface area contributed by atoms with E-state index in [0.29, 0.717) is 12.7 Å². The minimum absolute atomic E-state index is 0.0494. The average molecular weight is 434 g/mol. The molecule has 0 bridgehead atoms. The minimum atomic E-state index is 0.0494. The van der Waals surface area contributed by atoms with Crippen LogP contribution in [0, 0.1) is 3.95 Å². The highest BCUT2D eigenvalue weighted by molar-refractivity contribution is 7.73. The Morgan fingerprint density at radius 2 is 2.00 bits per heavy atom. The lowest BCUT2D eigenvalue weighted by molar-refractivity contribution is -0.116. The quantitative estimate of drug-likeness (QED) is 0.651. The Morgan fingerprint density at radius 3 is 2.66 bits per heavy atom. The highest BCUT2D eigenvalue weighted by atomic mass is 32.1. The SMILES string of the molecule is COc1ccc(N2CCCN(Cn3nc(N(C(C)=O)C4CC4)sc3=S)CC2)cc1. The van der Waals surface area contributed by atoms with Crippen molar-refractivity contribution < 1.29 is 9.53 Å². The van der Waals surface area contributed by atoms with Crippen LogP contribution in [0.4, 0.5) is 10.8 Å². The van der Waals surface area contributed by atoms with Crippen molar-refractivity contribution in [3.05, 3.63) is 28.2 Å². The Labute approximate surface area is 180 Å². The molecule has 1 saturated heterocycles. The Bertz CT molecular complexity index is 906. The molecule has 2 aliphatic rings. The average Bonchev–Trinajstić information content (AvgIpc) is 3.50. The van der Waals surface area contributed by atoms with Crippen LogP contribution in [0.15, 0.2) is 24.3 Å². The molecule has 1 aromatic carbocycles. The Kier molecular flexibility index (Phi) is 6.17. The van der Waals surface area contributed by atoms with E-state index in [2.05, 4.69) is 27.0 Å². The third-order valence-electron chi connectivity index (χ3n) is 5.41. The molecule has 4 rings (SSSR count). The van der Waals surface area contributed by atoms with E-state index in [-0.39, 0.29) is 5.91 Å². The molecule has 1 amide bonds. The maximum Gasteiger partial charge on any atom is 0.225 e. The maximum absolute atomic E-state index is 12.0. The predicted octanol–water partition coefficient (Wildman–Crippen LogP) is 3.37. The second kappa shape index (κ2) is 8.81. The van der Waals surface area contributed by atoms with Crippen molar-refractivity contribution in [2.24, 2.45) is 0 Å². The zero-order valence-corrected chi connectivity index (χ0v) is 18.5. The van der Waals surface area contributed by atoms with Crippen LogP contribution in [-0.4, -0.2) is 59.9 Å². The standard InChI is InChI=1S/C20H27N5O2S2/c1-15(26)25(17-4-5-17)19-21-24(20(28)29-19)14-22-10-3-11-23(13-12-22)16-6-8-18(27-2)9-7-16/h6-9,17H,3-5,10-14H2,1-2H3. The Balaban J connectivity index is 1.40. The number of hydrogen-bond donors (Lipinski definition) is 0.